The summed E-state index contributed by atoms with van der Waals surface area (Å²) >= 11 is 0. The van der Waals surface area contributed by atoms with Gasteiger partial charge in [-0.05, 0) is 6.42 Å². The Morgan fingerprint density at radius 2 is 2.50 bits per heavy atom. The highest BCUT2D eigenvalue weighted by Crippen LogP contribution is 1.86. The molecule has 0 rings (SSSR count). The number of hydrogen-bond acceptors (Lipinski definition) is 3. The predicted molar refractivity (Wildman–Crippen MR) is 30.2 cm³/mol. The number of carbonyl (C=O) groups is 1. The minimum absolute atomic E-state index is 0.215. The maximum atomic E-state index is 9.84. The summed E-state index contributed by atoms with van der Waals surface area (Å²) < 4.78 is 0. The van der Waals surface area contributed by atoms with E-state index >= 15 is 0 Å². The van der Waals surface area contributed by atoms with Gasteiger partial charge in [0.05, 0.1) is 0 Å². The fourth-order valence-electron chi connectivity index (χ4n) is 0.389. The molecule has 0 bridgehead atoms. The topological polar surface area (TPSA) is 49.7 Å². The minimum atomic E-state index is 0.215. The largest absolute Gasteiger partial charge is 0.411 e. The van der Waals surface area contributed by atoms with E-state index in [0.717, 1.165) is 6.42 Å². The van der Waals surface area contributed by atoms with Crippen molar-refractivity contribution in [2.45, 2.75) is 19.8 Å². The van der Waals surface area contributed by atoms with Gasteiger partial charge in [0.1, 0.15) is 5.71 Å². The lowest BCUT2D eigenvalue weighted by atomic mass is 10.2. The molecule has 3 nitrogen and oxygen atoms in total. The molecule has 1 N–H and O–H groups in total. The summed E-state index contributed by atoms with van der Waals surface area (Å²) in [5.74, 6) is 0. The molecule has 0 unspecified atom stereocenters. The van der Waals surface area contributed by atoms with Crippen LogP contribution in [0.3, 0.4) is 0 Å². The molecule has 0 heterocycles. The first-order valence-electron chi connectivity index (χ1n) is 2.51. The number of rotatable bonds is 3. The number of hydrogen-bond donors (Lipinski definition) is 1. The Morgan fingerprint density at radius 1 is 1.88 bits per heavy atom. The summed E-state index contributed by atoms with van der Waals surface area (Å²) in [6.45, 7) is 1.91. The molecule has 0 aliphatic carbocycles. The van der Waals surface area contributed by atoms with Crippen LogP contribution in [0.15, 0.2) is 5.16 Å². The maximum Gasteiger partial charge on any atom is 0.167 e. The first-order chi connectivity index (χ1) is 3.85. The minimum Gasteiger partial charge on any atom is -0.411 e. The van der Waals surface area contributed by atoms with E-state index in [2.05, 4.69) is 5.16 Å². The van der Waals surface area contributed by atoms with Gasteiger partial charge >= 0.3 is 0 Å². The summed E-state index contributed by atoms with van der Waals surface area (Å²) in [6, 6.07) is 0. The SMILES string of the molecule is CCC/C(C=O)=N\O. The highest BCUT2D eigenvalue weighted by molar-refractivity contribution is 6.27. The van der Waals surface area contributed by atoms with Crippen molar-refractivity contribution in [3.05, 3.63) is 0 Å². The summed E-state index contributed by atoms with van der Waals surface area (Å²) in [5.41, 5.74) is 0.215. The van der Waals surface area contributed by atoms with Gasteiger partial charge in [0.25, 0.3) is 0 Å². The molecular weight excluding hydrogens is 106 g/mol. The maximum absolute atomic E-state index is 9.84. The molecule has 0 aromatic carbocycles. The first kappa shape index (κ1) is 7.14. The van der Waals surface area contributed by atoms with E-state index in [1.165, 1.54) is 0 Å². The zero-order valence-electron chi connectivity index (χ0n) is 4.79. The predicted octanol–water partition coefficient (Wildman–Crippen LogP) is 0.816. The van der Waals surface area contributed by atoms with Crippen LogP contribution in [0.2, 0.25) is 0 Å². The lowest BCUT2D eigenvalue weighted by molar-refractivity contribution is -0.102. The van der Waals surface area contributed by atoms with Crippen LogP contribution in [0, 0.1) is 0 Å². The van der Waals surface area contributed by atoms with Crippen LogP contribution < -0.4 is 0 Å². The van der Waals surface area contributed by atoms with Gasteiger partial charge in [-0.1, -0.05) is 18.5 Å². The van der Waals surface area contributed by atoms with Crippen LogP contribution in [0.25, 0.3) is 0 Å². The molecular formula is C5H9NO2. The van der Waals surface area contributed by atoms with Crippen LogP contribution in [0.5, 0.6) is 0 Å². The molecule has 3 heteroatoms. The molecule has 46 valence electrons. The zero-order valence-corrected chi connectivity index (χ0v) is 4.79. The van der Waals surface area contributed by atoms with E-state index in [9.17, 15) is 4.79 Å². The van der Waals surface area contributed by atoms with Crippen molar-refractivity contribution in [1.82, 2.24) is 0 Å². The molecule has 0 spiro atoms. The molecule has 0 atom stereocenters. The molecule has 0 fully saturated rings. The number of aldehydes is 1. The lowest BCUT2D eigenvalue weighted by Crippen LogP contribution is -1.97. The first-order valence-corrected chi connectivity index (χ1v) is 2.51. The van der Waals surface area contributed by atoms with Gasteiger partial charge in [0, 0.05) is 0 Å². The summed E-state index contributed by atoms with van der Waals surface area (Å²) in [5, 5.41) is 10.8. The van der Waals surface area contributed by atoms with Crippen LogP contribution in [-0.4, -0.2) is 17.2 Å². The van der Waals surface area contributed by atoms with Gasteiger partial charge in [-0.15, -0.1) is 0 Å². The molecule has 0 amide bonds. The summed E-state index contributed by atoms with van der Waals surface area (Å²) in [7, 11) is 0. The quantitative estimate of drug-likeness (QED) is 0.256. The van der Waals surface area contributed by atoms with Crippen molar-refractivity contribution >= 4 is 12.0 Å². The van der Waals surface area contributed by atoms with Crippen LogP contribution >= 0.6 is 0 Å². The Kier molecular flexibility index (Phi) is 3.84. The van der Waals surface area contributed by atoms with Crippen molar-refractivity contribution in [3.63, 3.8) is 0 Å². The zero-order chi connectivity index (χ0) is 6.41. The molecule has 0 radical (unpaired) electrons. The highest BCUT2D eigenvalue weighted by Gasteiger charge is 1.91. The van der Waals surface area contributed by atoms with Crippen LogP contribution in [-0.2, 0) is 4.79 Å². The normalized spacial score (nSPS) is 11.4. The highest BCUT2D eigenvalue weighted by atomic mass is 16.4. The Hall–Kier alpha value is -0.860. The van der Waals surface area contributed by atoms with Crippen molar-refractivity contribution in [1.29, 1.82) is 0 Å². The summed E-state index contributed by atoms with van der Waals surface area (Å²) in [6.07, 6.45) is 1.95. The monoisotopic (exact) mass is 115 g/mol. The third-order valence-corrected chi connectivity index (χ3v) is 0.771. The van der Waals surface area contributed by atoms with E-state index < -0.39 is 0 Å². The molecule has 0 aromatic rings. The van der Waals surface area contributed by atoms with Crippen molar-refractivity contribution < 1.29 is 10.0 Å². The molecule has 0 aromatic heterocycles. The van der Waals surface area contributed by atoms with E-state index in [1.807, 2.05) is 6.92 Å². The third kappa shape index (κ3) is 2.34. The van der Waals surface area contributed by atoms with Crippen molar-refractivity contribution in [2.24, 2.45) is 5.16 Å². The molecule has 0 aliphatic heterocycles. The van der Waals surface area contributed by atoms with E-state index in [-0.39, 0.29) is 5.71 Å². The number of nitrogens with zero attached hydrogens (tertiary/aromatic N) is 1. The Balaban J connectivity index is 3.54. The third-order valence-electron chi connectivity index (χ3n) is 0.771. The average molecular weight is 115 g/mol. The Morgan fingerprint density at radius 3 is 2.62 bits per heavy atom. The second-order valence-corrected chi connectivity index (χ2v) is 1.46. The second kappa shape index (κ2) is 4.30. The van der Waals surface area contributed by atoms with Crippen molar-refractivity contribution in [3.8, 4) is 0 Å². The van der Waals surface area contributed by atoms with Gasteiger partial charge in [-0.25, -0.2) is 0 Å². The Labute approximate surface area is 48.0 Å². The van der Waals surface area contributed by atoms with Gasteiger partial charge in [0.2, 0.25) is 0 Å². The van der Waals surface area contributed by atoms with Gasteiger partial charge in [-0.2, -0.15) is 0 Å². The van der Waals surface area contributed by atoms with E-state index in [1.54, 1.807) is 0 Å². The molecule has 0 saturated heterocycles. The molecule has 8 heavy (non-hydrogen) atoms. The van der Waals surface area contributed by atoms with E-state index in [0.29, 0.717) is 12.7 Å². The standard InChI is InChI=1S/C5H9NO2/c1-2-3-5(4-7)6-8/h4,8H,2-3H2,1H3/b6-5+. The van der Waals surface area contributed by atoms with E-state index in [4.69, 9.17) is 5.21 Å². The van der Waals surface area contributed by atoms with Crippen LogP contribution in [0.4, 0.5) is 0 Å². The summed E-state index contributed by atoms with van der Waals surface area (Å²) in [4.78, 5) is 9.84. The van der Waals surface area contributed by atoms with Gasteiger partial charge in [0.15, 0.2) is 6.29 Å². The molecule has 0 aliphatic rings. The van der Waals surface area contributed by atoms with Gasteiger partial charge < -0.3 is 5.21 Å². The molecule has 0 saturated carbocycles. The lowest BCUT2D eigenvalue weighted by Gasteiger charge is -1.86. The smallest absolute Gasteiger partial charge is 0.167 e. The number of carbonyl (C=O) groups excluding carboxylic acids is 1. The average Bonchev–Trinajstić information content (AvgIpc) is 1.83. The second-order valence-electron chi connectivity index (χ2n) is 1.46. The van der Waals surface area contributed by atoms with Crippen LogP contribution in [0.1, 0.15) is 19.8 Å². The fraction of sp³-hybridized carbons (Fsp3) is 0.600. The number of oxime groups is 1. The Bertz CT molecular complexity index is 98.6. The fourth-order valence-corrected chi connectivity index (χ4v) is 0.389. The van der Waals surface area contributed by atoms with Gasteiger partial charge in [-0.3, -0.25) is 4.79 Å². The van der Waals surface area contributed by atoms with Crippen molar-refractivity contribution in [2.75, 3.05) is 0 Å².